The Hall–Kier alpha value is -1.95. The molecule has 1 aromatic carbocycles. The van der Waals surface area contributed by atoms with E-state index in [4.69, 9.17) is 0 Å². The van der Waals surface area contributed by atoms with E-state index < -0.39 is 0 Å². The van der Waals surface area contributed by atoms with E-state index >= 15 is 0 Å². The lowest BCUT2D eigenvalue weighted by Gasteiger charge is -2.04. The van der Waals surface area contributed by atoms with Gasteiger partial charge in [-0.2, -0.15) is 0 Å². The quantitative estimate of drug-likeness (QED) is 0.793. The topological polar surface area (TPSA) is 65.4 Å². The first-order chi connectivity index (χ1) is 9.13. The number of hydrogen-bond donors (Lipinski definition) is 0. The Labute approximate surface area is 113 Å². The molecule has 0 saturated carbocycles. The van der Waals surface area contributed by atoms with Gasteiger partial charge in [0.25, 0.3) is 5.56 Å². The summed E-state index contributed by atoms with van der Waals surface area (Å²) in [5.41, 5.74) is -0.302. The van der Waals surface area contributed by atoms with Crippen LogP contribution in [0.25, 0.3) is 10.1 Å². The number of benzene rings is 1. The third-order valence-electron chi connectivity index (χ3n) is 2.77. The van der Waals surface area contributed by atoms with Gasteiger partial charge >= 0.3 is 10.8 Å². The first-order valence-corrected chi connectivity index (χ1v) is 6.64. The standard InChI is InChI=1S/C13H13NO4S/c1-18-11(15)7-4-8-14-12(16)9-5-2-3-6-10(9)19-13(14)17/h2-3,5-6H,4,7-8H2,1H3. The number of hydrogen-bond acceptors (Lipinski definition) is 5. The van der Waals surface area contributed by atoms with Gasteiger partial charge < -0.3 is 4.74 Å². The summed E-state index contributed by atoms with van der Waals surface area (Å²) in [6, 6.07) is 7.00. The lowest BCUT2D eigenvalue weighted by molar-refractivity contribution is -0.140. The van der Waals surface area contributed by atoms with Crippen LogP contribution in [0.2, 0.25) is 0 Å². The molecule has 0 amide bonds. The summed E-state index contributed by atoms with van der Waals surface area (Å²) in [6.07, 6.45) is 0.604. The van der Waals surface area contributed by atoms with Crippen LogP contribution < -0.4 is 10.4 Å². The van der Waals surface area contributed by atoms with E-state index in [-0.39, 0.29) is 29.4 Å². The van der Waals surface area contributed by atoms with Crippen LogP contribution in [-0.2, 0) is 16.1 Å². The van der Waals surface area contributed by atoms with Crippen molar-refractivity contribution in [3.05, 3.63) is 44.3 Å². The van der Waals surface area contributed by atoms with Crippen LogP contribution in [0.1, 0.15) is 12.8 Å². The maximum Gasteiger partial charge on any atom is 0.310 e. The molecule has 6 heteroatoms. The SMILES string of the molecule is COC(=O)CCCn1c(=O)sc2ccccc2c1=O. The summed E-state index contributed by atoms with van der Waals surface area (Å²) in [4.78, 5) is 34.7. The number of carbonyl (C=O) groups is 1. The van der Waals surface area contributed by atoms with Crippen molar-refractivity contribution in [3.8, 4) is 0 Å². The van der Waals surface area contributed by atoms with Crippen molar-refractivity contribution in [3.63, 3.8) is 0 Å². The van der Waals surface area contributed by atoms with E-state index in [9.17, 15) is 14.4 Å². The van der Waals surface area contributed by atoms with Gasteiger partial charge in [-0.05, 0) is 18.6 Å². The monoisotopic (exact) mass is 279 g/mol. The number of fused-ring (bicyclic) bond motifs is 1. The molecule has 2 aromatic rings. The van der Waals surface area contributed by atoms with E-state index in [1.165, 1.54) is 11.7 Å². The zero-order chi connectivity index (χ0) is 13.8. The number of rotatable bonds is 4. The lowest BCUT2D eigenvalue weighted by Crippen LogP contribution is -2.31. The summed E-state index contributed by atoms with van der Waals surface area (Å²) >= 11 is 1.04. The maximum absolute atomic E-state index is 12.1. The van der Waals surface area contributed by atoms with Gasteiger partial charge in [0.15, 0.2) is 0 Å². The van der Waals surface area contributed by atoms with Gasteiger partial charge in [-0.25, -0.2) is 0 Å². The van der Waals surface area contributed by atoms with Gasteiger partial charge in [-0.3, -0.25) is 19.0 Å². The van der Waals surface area contributed by atoms with E-state index in [2.05, 4.69) is 4.74 Å². The molecule has 0 aliphatic carbocycles. The van der Waals surface area contributed by atoms with Crippen molar-refractivity contribution in [1.29, 1.82) is 0 Å². The number of nitrogens with zero attached hydrogens (tertiary/aromatic N) is 1. The number of ether oxygens (including phenoxy) is 1. The van der Waals surface area contributed by atoms with E-state index in [1.54, 1.807) is 24.3 Å². The van der Waals surface area contributed by atoms with Crippen LogP contribution >= 0.6 is 11.3 Å². The van der Waals surface area contributed by atoms with E-state index in [0.29, 0.717) is 16.5 Å². The van der Waals surface area contributed by atoms with Crippen LogP contribution in [0.4, 0.5) is 0 Å². The van der Waals surface area contributed by atoms with Gasteiger partial charge in [0.1, 0.15) is 0 Å². The Morgan fingerprint density at radius 1 is 1.32 bits per heavy atom. The van der Waals surface area contributed by atoms with Crippen molar-refractivity contribution < 1.29 is 9.53 Å². The summed E-state index contributed by atoms with van der Waals surface area (Å²) in [6.45, 7) is 0.230. The zero-order valence-corrected chi connectivity index (χ0v) is 11.2. The Morgan fingerprint density at radius 2 is 2.05 bits per heavy atom. The minimum atomic E-state index is -0.343. The fraction of sp³-hybridized carbons (Fsp3) is 0.308. The smallest absolute Gasteiger partial charge is 0.310 e. The molecule has 1 heterocycles. The molecule has 0 aliphatic rings. The molecule has 0 radical (unpaired) electrons. The second-order valence-corrected chi connectivity index (χ2v) is 4.99. The fourth-order valence-corrected chi connectivity index (χ4v) is 2.67. The van der Waals surface area contributed by atoms with Crippen molar-refractivity contribution in [2.45, 2.75) is 19.4 Å². The van der Waals surface area contributed by atoms with Crippen LogP contribution in [0.3, 0.4) is 0 Å². The zero-order valence-electron chi connectivity index (χ0n) is 10.4. The molecule has 0 atom stereocenters. The van der Waals surface area contributed by atoms with E-state index in [0.717, 1.165) is 11.3 Å². The molecule has 0 bridgehead atoms. The van der Waals surface area contributed by atoms with Crippen LogP contribution in [0, 0.1) is 0 Å². The Kier molecular flexibility index (Phi) is 4.11. The fourth-order valence-electron chi connectivity index (χ4n) is 1.79. The predicted molar refractivity (Wildman–Crippen MR) is 73.6 cm³/mol. The van der Waals surface area contributed by atoms with Gasteiger partial charge in [0.05, 0.1) is 12.5 Å². The molecule has 19 heavy (non-hydrogen) atoms. The number of carbonyl (C=O) groups excluding carboxylic acids is 1. The minimum absolute atomic E-state index is 0.194. The summed E-state index contributed by atoms with van der Waals surface area (Å²) in [7, 11) is 1.31. The minimum Gasteiger partial charge on any atom is -0.469 e. The highest BCUT2D eigenvalue weighted by molar-refractivity contribution is 7.16. The van der Waals surface area contributed by atoms with Crippen LogP contribution in [0.5, 0.6) is 0 Å². The molecule has 5 nitrogen and oxygen atoms in total. The number of aromatic nitrogens is 1. The Balaban J connectivity index is 2.31. The van der Waals surface area contributed by atoms with Gasteiger partial charge in [-0.15, -0.1) is 0 Å². The molecule has 0 fully saturated rings. The summed E-state index contributed by atoms with van der Waals surface area (Å²) in [5, 5.41) is 0.533. The predicted octanol–water partition coefficient (Wildman–Crippen LogP) is 1.38. The van der Waals surface area contributed by atoms with Crippen molar-refractivity contribution in [2.24, 2.45) is 0 Å². The average Bonchev–Trinajstić information content (AvgIpc) is 2.42. The highest BCUT2D eigenvalue weighted by Gasteiger charge is 2.08. The first kappa shape index (κ1) is 13.5. The second kappa shape index (κ2) is 5.79. The highest BCUT2D eigenvalue weighted by Crippen LogP contribution is 2.10. The molecule has 0 aliphatic heterocycles. The van der Waals surface area contributed by atoms with Crippen LogP contribution in [0.15, 0.2) is 33.9 Å². The Bertz CT molecular complexity index is 716. The molecule has 1 aromatic heterocycles. The van der Waals surface area contributed by atoms with Crippen molar-refractivity contribution in [1.82, 2.24) is 4.57 Å². The highest BCUT2D eigenvalue weighted by atomic mass is 32.1. The third kappa shape index (κ3) is 2.90. The molecule has 0 unspecified atom stereocenters. The van der Waals surface area contributed by atoms with Gasteiger partial charge in [0.2, 0.25) is 0 Å². The van der Waals surface area contributed by atoms with Crippen molar-refractivity contribution in [2.75, 3.05) is 7.11 Å². The molecular weight excluding hydrogens is 266 g/mol. The molecule has 100 valence electrons. The van der Waals surface area contributed by atoms with Crippen molar-refractivity contribution >= 4 is 27.4 Å². The molecule has 0 N–H and O–H groups in total. The lowest BCUT2D eigenvalue weighted by atomic mass is 10.2. The number of esters is 1. The Morgan fingerprint density at radius 3 is 2.79 bits per heavy atom. The number of methoxy groups -OCH3 is 1. The third-order valence-corrected chi connectivity index (χ3v) is 3.74. The van der Waals surface area contributed by atoms with E-state index in [1.807, 2.05) is 0 Å². The van der Waals surface area contributed by atoms with Gasteiger partial charge in [-0.1, -0.05) is 23.5 Å². The molecular formula is C13H13NO4S. The second-order valence-electron chi connectivity index (χ2n) is 4.00. The summed E-state index contributed by atoms with van der Waals surface area (Å²) < 4.78 is 6.38. The molecule has 0 saturated heterocycles. The first-order valence-electron chi connectivity index (χ1n) is 5.83. The largest absolute Gasteiger partial charge is 0.469 e. The van der Waals surface area contributed by atoms with Gasteiger partial charge in [0, 0.05) is 17.7 Å². The molecule has 0 spiro atoms. The molecule has 2 rings (SSSR count). The summed E-state index contributed by atoms with van der Waals surface area (Å²) in [5.74, 6) is -0.343. The average molecular weight is 279 g/mol. The maximum atomic E-state index is 12.1. The van der Waals surface area contributed by atoms with Crippen LogP contribution in [-0.4, -0.2) is 17.6 Å². The normalized spacial score (nSPS) is 10.6.